The summed E-state index contributed by atoms with van der Waals surface area (Å²) in [5, 5.41) is 11.2. The fourth-order valence-corrected chi connectivity index (χ4v) is 2.93. The third-order valence-corrected chi connectivity index (χ3v) is 4.09. The minimum Gasteiger partial charge on any atom is -0.508 e. The second-order valence-corrected chi connectivity index (χ2v) is 5.89. The van der Waals surface area contributed by atoms with Crippen molar-refractivity contribution in [2.24, 2.45) is 0 Å². The number of H-pyrrole nitrogens is 1. The highest BCUT2D eigenvalue weighted by molar-refractivity contribution is 6.11. The van der Waals surface area contributed by atoms with E-state index in [0.717, 1.165) is 28.8 Å². The number of aromatic nitrogens is 2. The molecule has 4 aromatic rings. The number of aromatic amines is 1. The molecule has 0 bridgehead atoms. The number of rotatable bonds is 2. The minimum absolute atomic E-state index is 0.179. The van der Waals surface area contributed by atoms with Crippen LogP contribution in [0.3, 0.4) is 0 Å². The third-order valence-electron chi connectivity index (χ3n) is 4.09. The molecule has 0 unspecified atom stereocenters. The molecule has 24 heavy (non-hydrogen) atoms. The Bertz CT molecular complexity index is 1050. The summed E-state index contributed by atoms with van der Waals surface area (Å²) in [6, 6.07) is 16.2. The van der Waals surface area contributed by atoms with Gasteiger partial charge in [0.2, 0.25) is 0 Å². The van der Waals surface area contributed by atoms with Crippen molar-refractivity contribution in [1.29, 1.82) is 0 Å². The Morgan fingerprint density at radius 1 is 1.00 bits per heavy atom. The van der Waals surface area contributed by atoms with Gasteiger partial charge in [-0.25, -0.2) is 4.98 Å². The fourth-order valence-electron chi connectivity index (χ4n) is 2.93. The zero-order valence-corrected chi connectivity index (χ0v) is 12.8. The molecule has 0 spiro atoms. The lowest BCUT2D eigenvalue weighted by molar-refractivity contribution is 0.00891. The summed E-state index contributed by atoms with van der Waals surface area (Å²) in [5.41, 5.74) is 2.89. The standard InChI is InChI=1S/C19H14F2N2O/c1-19(20,21)18-22-16-10-15(11-6-8-12(24)9-7-11)13-4-2-3-5-14(13)17(16)23-18/h2-10,24H,1H3,(H,22,23). The predicted molar refractivity (Wildman–Crippen MR) is 90.3 cm³/mol. The number of phenols is 1. The number of imidazole rings is 1. The van der Waals surface area contributed by atoms with Gasteiger partial charge in [-0.3, -0.25) is 0 Å². The van der Waals surface area contributed by atoms with Crippen LogP contribution in [0.1, 0.15) is 12.7 Å². The van der Waals surface area contributed by atoms with Gasteiger partial charge in [-0.1, -0.05) is 36.4 Å². The molecular weight excluding hydrogens is 310 g/mol. The molecule has 0 aliphatic heterocycles. The van der Waals surface area contributed by atoms with Gasteiger partial charge in [0.05, 0.1) is 11.0 Å². The molecule has 0 aliphatic rings. The second-order valence-electron chi connectivity index (χ2n) is 5.89. The lowest BCUT2D eigenvalue weighted by Gasteiger charge is -2.08. The van der Waals surface area contributed by atoms with Gasteiger partial charge in [0, 0.05) is 12.3 Å². The van der Waals surface area contributed by atoms with Crippen molar-refractivity contribution in [3.63, 3.8) is 0 Å². The van der Waals surface area contributed by atoms with Gasteiger partial charge in [-0.05, 0) is 34.7 Å². The lowest BCUT2D eigenvalue weighted by atomic mass is 9.97. The molecule has 0 atom stereocenters. The number of hydrogen-bond donors (Lipinski definition) is 2. The average molecular weight is 324 g/mol. The number of benzene rings is 3. The third kappa shape index (κ3) is 2.29. The molecule has 1 heterocycles. The van der Waals surface area contributed by atoms with Gasteiger partial charge in [0.15, 0.2) is 5.82 Å². The van der Waals surface area contributed by atoms with Crippen molar-refractivity contribution >= 4 is 21.8 Å². The maximum Gasteiger partial charge on any atom is 0.301 e. The summed E-state index contributed by atoms with van der Waals surface area (Å²) >= 11 is 0. The Kier molecular flexibility index (Phi) is 3.06. The van der Waals surface area contributed by atoms with E-state index in [1.165, 1.54) is 0 Å². The number of hydrogen-bond acceptors (Lipinski definition) is 2. The normalized spacial score (nSPS) is 12.1. The number of nitrogens with zero attached hydrogens (tertiary/aromatic N) is 1. The highest BCUT2D eigenvalue weighted by atomic mass is 19.3. The Morgan fingerprint density at radius 2 is 1.67 bits per heavy atom. The molecule has 4 rings (SSSR count). The molecule has 0 amide bonds. The molecule has 0 aliphatic carbocycles. The van der Waals surface area contributed by atoms with E-state index in [2.05, 4.69) is 9.97 Å². The van der Waals surface area contributed by atoms with Crippen LogP contribution in [-0.4, -0.2) is 15.1 Å². The van der Waals surface area contributed by atoms with Gasteiger partial charge >= 0.3 is 5.92 Å². The molecule has 0 saturated carbocycles. The number of aromatic hydroxyl groups is 1. The van der Waals surface area contributed by atoms with Gasteiger partial charge in [-0.2, -0.15) is 8.78 Å². The zero-order valence-electron chi connectivity index (χ0n) is 12.8. The quantitative estimate of drug-likeness (QED) is 0.532. The summed E-state index contributed by atoms with van der Waals surface area (Å²) in [6.07, 6.45) is 0. The molecule has 0 saturated heterocycles. The molecule has 0 fully saturated rings. The lowest BCUT2D eigenvalue weighted by Crippen LogP contribution is -2.08. The van der Waals surface area contributed by atoms with Crippen molar-refractivity contribution in [3.05, 3.63) is 60.4 Å². The average Bonchev–Trinajstić information content (AvgIpc) is 3.00. The van der Waals surface area contributed by atoms with E-state index in [9.17, 15) is 13.9 Å². The molecule has 2 N–H and O–H groups in total. The van der Waals surface area contributed by atoms with Crippen LogP contribution in [0.25, 0.3) is 32.9 Å². The van der Waals surface area contributed by atoms with E-state index in [0.29, 0.717) is 11.0 Å². The van der Waals surface area contributed by atoms with Crippen LogP contribution in [0.4, 0.5) is 8.78 Å². The van der Waals surface area contributed by atoms with Gasteiger partial charge < -0.3 is 10.1 Å². The Labute approximate surface area is 136 Å². The van der Waals surface area contributed by atoms with Gasteiger partial charge in [0.1, 0.15) is 5.75 Å². The van der Waals surface area contributed by atoms with E-state index in [1.807, 2.05) is 30.3 Å². The number of alkyl halides is 2. The topological polar surface area (TPSA) is 48.9 Å². The van der Waals surface area contributed by atoms with Crippen LogP contribution >= 0.6 is 0 Å². The van der Waals surface area contributed by atoms with E-state index >= 15 is 0 Å². The minimum atomic E-state index is -3.03. The Morgan fingerprint density at radius 3 is 2.33 bits per heavy atom. The predicted octanol–water partition coefficient (Wildman–Crippen LogP) is 5.20. The molecule has 1 aromatic heterocycles. The van der Waals surface area contributed by atoms with Crippen molar-refractivity contribution in [2.75, 3.05) is 0 Å². The summed E-state index contributed by atoms with van der Waals surface area (Å²) in [4.78, 5) is 6.85. The number of fused-ring (bicyclic) bond motifs is 3. The molecule has 0 radical (unpaired) electrons. The maximum atomic E-state index is 13.6. The van der Waals surface area contributed by atoms with Crippen LogP contribution in [0.5, 0.6) is 5.75 Å². The first-order valence-electron chi connectivity index (χ1n) is 7.52. The smallest absolute Gasteiger partial charge is 0.301 e. The first-order chi connectivity index (χ1) is 11.4. The highest BCUT2D eigenvalue weighted by Crippen LogP contribution is 2.36. The zero-order chi connectivity index (χ0) is 16.9. The Balaban J connectivity index is 2.07. The van der Waals surface area contributed by atoms with Crippen LogP contribution < -0.4 is 0 Å². The van der Waals surface area contributed by atoms with Gasteiger partial charge in [0.25, 0.3) is 0 Å². The van der Waals surface area contributed by atoms with E-state index in [1.54, 1.807) is 24.3 Å². The number of nitrogens with one attached hydrogen (secondary N) is 1. The second kappa shape index (κ2) is 5.03. The summed E-state index contributed by atoms with van der Waals surface area (Å²) in [5.74, 6) is -3.19. The molecule has 3 aromatic carbocycles. The van der Waals surface area contributed by atoms with Crippen LogP contribution in [0, 0.1) is 0 Å². The summed E-state index contributed by atoms with van der Waals surface area (Å²) < 4.78 is 27.3. The number of phenolic OH excluding ortho intramolecular Hbond substituents is 1. The highest BCUT2D eigenvalue weighted by Gasteiger charge is 2.29. The molecule has 120 valence electrons. The first kappa shape index (κ1) is 14.6. The first-order valence-corrected chi connectivity index (χ1v) is 7.52. The summed E-state index contributed by atoms with van der Waals surface area (Å²) in [6.45, 7) is 0.827. The van der Waals surface area contributed by atoms with E-state index in [4.69, 9.17) is 0 Å². The van der Waals surface area contributed by atoms with E-state index in [-0.39, 0.29) is 11.6 Å². The van der Waals surface area contributed by atoms with Gasteiger partial charge in [-0.15, -0.1) is 0 Å². The van der Waals surface area contributed by atoms with E-state index < -0.39 is 5.92 Å². The SMILES string of the molecule is CC(F)(F)c1nc2c(cc(-c3ccc(O)cc3)c3ccccc32)[nH]1. The maximum absolute atomic E-state index is 13.6. The van der Waals surface area contributed by atoms with Crippen LogP contribution in [0.2, 0.25) is 0 Å². The molecule has 5 heteroatoms. The Hall–Kier alpha value is -2.95. The molecule has 3 nitrogen and oxygen atoms in total. The molecular formula is C19H14F2N2O. The van der Waals surface area contributed by atoms with Crippen LogP contribution in [0.15, 0.2) is 54.6 Å². The fraction of sp³-hybridized carbons (Fsp3) is 0.105. The number of halogens is 2. The van der Waals surface area contributed by atoms with Crippen molar-refractivity contribution in [2.45, 2.75) is 12.8 Å². The van der Waals surface area contributed by atoms with Crippen molar-refractivity contribution < 1.29 is 13.9 Å². The van der Waals surface area contributed by atoms with Crippen LogP contribution in [-0.2, 0) is 5.92 Å². The van der Waals surface area contributed by atoms with Crippen molar-refractivity contribution in [3.8, 4) is 16.9 Å². The monoisotopic (exact) mass is 324 g/mol. The van der Waals surface area contributed by atoms with Crippen molar-refractivity contribution in [1.82, 2.24) is 9.97 Å². The largest absolute Gasteiger partial charge is 0.508 e. The summed E-state index contributed by atoms with van der Waals surface area (Å²) in [7, 11) is 0.